The van der Waals surface area contributed by atoms with Gasteiger partial charge in [-0.05, 0) is 43.0 Å². The van der Waals surface area contributed by atoms with Crippen LogP contribution >= 0.6 is 0 Å². The molecule has 7 heteroatoms. The van der Waals surface area contributed by atoms with Gasteiger partial charge < -0.3 is 5.32 Å². The van der Waals surface area contributed by atoms with Gasteiger partial charge in [0.15, 0.2) is 0 Å². The zero-order chi connectivity index (χ0) is 15.8. The SMILES string of the molecule is Cc1cc(C(F)(F)F)ccc1C1CCC(C(F)(F)F)CN1. The first kappa shape index (κ1) is 16.1. The minimum atomic E-state index is -4.41. The zero-order valence-electron chi connectivity index (χ0n) is 11.3. The summed E-state index contributed by atoms with van der Waals surface area (Å²) in [4.78, 5) is 0. The summed E-state index contributed by atoms with van der Waals surface area (Å²) in [5.74, 6) is -1.39. The average molecular weight is 311 g/mol. The molecule has 1 fully saturated rings. The van der Waals surface area contributed by atoms with Gasteiger partial charge in [0, 0.05) is 12.6 Å². The van der Waals surface area contributed by atoms with Crippen molar-refractivity contribution in [1.82, 2.24) is 5.32 Å². The standard InChI is InChI=1S/C14H15F6N/c1-8-6-9(13(15,16)17)2-4-11(8)12-5-3-10(7-21-12)14(18,19)20/h2,4,6,10,12,21H,3,5,7H2,1H3. The first-order chi connectivity index (χ1) is 9.59. The highest BCUT2D eigenvalue weighted by atomic mass is 19.4. The molecule has 1 N–H and O–H groups in total. The third-order valence-corrected chi connectivity index (χ3v) is 3.85. The Kier molecular flexibility index (Phi) is 4.24. The summed E-state index contributed by atoms with van der Waals surface area (Å²) in [7, 11) is 0. The molecule has 2 rings (SSSR count). The van der Waals surface area contributed by atoms with E-state index >= 15 is 0 Å². The molecule has 1 nitrogen and oxygen atoms in total. The summed E-state index contributed by atoms with van der Waals surface area (Å²) >= 11 is 0. The Labute approximate surface area is 118 Å². The van der Waals surface area contributed by atoms with Gasteiger partial charge in [-0.15, -0.1) is 0 Å². The van der Waals surface area contributed by atoms with Gasteiger partial charge in [0.1, 0.15) is 0 Å². The van der Waals surface area contributed by atoms with Gasteiger partial charge in [0.2, 0.25) is 0 Å². The number of piperidine rings is 1. The topological polar surface area (TPSA) is 12.0 Å². The molecule has 2 atom stereocenters. The van der Waals surface area contributed by atoms with Gasteiger partial charge in [0.25, 0.3) is 0 Å². The van der Waals surface area contributed by atoms with Crippen LogP contribution in [0.3, 0.4) is 0 Å². The number of rotatable bonds is 1. The largest absolute Gasteiger partial charge is 0.416 e. The molecular weight excluding hydrogens is 296 g/mol. The molecule has 0 aromatic heterocycles. The molecule has 0 bridgehead atoms. The third kappa shape index (κ3) is 3.70. The van der Waals surface area contributed by atoms with Crippen LogP contribution < -0.4 is 5.32 Å². The first-order valence-corrected chi connectivity index (χ1v) is 6.57. The van der Waals surface area contributed by atoms with Crippen molar-refractivity contribution in [2.75, 3.05) is 6.54 Å². The lowest BCUT2D eigenvalue weighted by atomic mass is 9.88. The molecule has 1 saturated heterocycles. The Bertz CT molecular complexity index is 497. The van der Waals surface area contributed by atoms with Crippen LogP contribution in [0.25, 0.3) is 0 Å². The molecule has 1 heterocycles. The maximum absolute atomic E-state index is 12.6. The molecule has 0 saturated carbocycles. The van der Waals surface area contributed by atoms with Crippen LogP contribution in [0.5, 0.6) is 0 Å². The van der Waals surface area contributed by atoms with Crippen LogP contribution in [0.2, 0.25) is 0 Å². The summed E-state index contributed by atoms with van der Waals surface area (Å²) in [6.45, 7) is 1.34. The van der Waals surface area contributed by atoms with Crippen molar-refractivity contribution < 1.29 is 26.3 Å². The van der Waals surface area contributed by atoms with Gasteiger partial charge in [-0.3, -0.25) is 0 Å². The minimum absolute atomic E-state index is 0.0123. The van der Waals surface area contributed by atoms with E-state index in [0.29, 0.717) is 11.1 Å². The second kappa shape index (κ2) is 5.51. The van der Waals surface area contributed by atoms with Crippen LogP contribution in [-0.4, -0.2) is 12.7 Å². The van der Waals surface area contributed by atoms with E-state index in [2.05, 4.69) is 5.32 Å². The number of halogens is 6. The predicted molar refractivity (Wildman–Crippen MR) is 65.7 cm³/mol. The van der Waals surface area contributed by atoms with E-state index in [1.54, 1.807) is 6.92 Å². The summed E-state index contributed by atoms with van der Waals surface area (Å²) in [6.07, 6.45) is -8.39. The maximum Gasteiger partial charge on any atom is 0.416 e. The fraction of sp³-hybridized carbons (Fsp3) is 0.571. The Hall–Kier alpha value is -1.24. The highest BCUT2D eigenvalue weighted by molar-refractivity contribution is 5.34. The molecule has 118 valence electrons. The van der Waals surface area contributed by atoms with E-state index in [1.165, 1.54) is 6.07 Å². The van der Waals surface area contributed by atoms with E-state index in [4.69, 9.17) is 0 Å². The van der Waals surface area contributed by atoms with Crippen LogP contribution in [0.1, 0.15) is 35.6 Å². The van der Waals surface area contributed by atoms with Crippen molar-refractivity contribution in [3.8, 4) is 0 Å². The lowest BCUT2D eigenvalue weighted by molar-refractivity contribution is -0.179. The van der Waals surface area contributed by atoms with Gasteiger partial charge in [-0.2, -0.15) is 26.3 Å². The quantitative estimate of drug-likeness (QED) is 0.746. The molecule has 21 heavy (non-hydrogen) atoms. The van der Waals surface area contributed by atoms with Crippen molar-refractivity contribution in [2.45, 2.75) is 38.2 Å². The average Bonchev–Trinajstić information content (AvgIpc) is 2.36. The van der Waals surface area contributed by atoms with Gasteiger partial charge in [0.05, 0.1) is 11.5 Å². The summed E-state index contributed by atoms with van der Waals surface area (Å²) in [6, 6.07) is 3.03. The van der Waals surface area contributed by atoms with Crippen LogP contribution in [-0.2, 0) is 6.18 Å². The number of aryl methyl sites for hydroxylation is 1. The van der Waals surface area contributed by atoms with Crippen molar-refractivity contribution in [3.63, 3.8) is 0 Å². The number of hydrogen-bond acceptors (Lipinski definition) is 1. The van der Waals surface area contributed by atoms with Crippen molar-refractivity contribution >= 4 is 0 Å². The van der Waals surface area contributed by atoms with E-state index in [9.17, 15) is 26.3 Å². The molecular formula is C14H15F6N. The lowest BCUT2D eigenvalue weighted by Crippen LogP contribution is -2.40. The van der Waals surface area contributed by atoms with Crippen LogP contribution in [0.4, 0.5) is 26.3 Å². The molecule has 1 aromatic carbocycles. The zero-order valence-corrected chi connectivity index (χ0v) is 11.3. The minimum Gasteiger partial charge on any atom is -0.309 e. The number of hydrogen-bond donors (Lipinski definition) is 1. The monoisotopic (exact) mass is 311 g/mol. The second-order valence-corrected chi connectivity index (χ2v) is 5.35. The maximum atomic E-state index is 12.6. The molecule has 1 aliphatic heterocycles. The smallest absolute Gasteiger partial charge is 0.309 e. The highest BCUT2D eigenvalue weighted by Gasteiger charge is 2.41. The van der Waals surface area contributed by atoms with Gasteiger partial charge in [-0.25, -0.2) is 0 Å². The van der Waals surface area contributed by atoms with Crippen molar-refractivity contribution in [2.24, 2.45) is 5.92 Å². The van der Waals surface area contributed by atoms with E-state index in [-0.39, 0.29) is 25.4 Å². The molecule has 1 aliphatic rings. The van der Waals surface area contributed by atoms with E-state index in [0.717, 1.165) is 12.1 Å². The third-order valence-electron chi connectivity index (χ3n) is 3.85. The van der Waals surface area contributed by atoms with Gasteiger partial charge in [-0.1, -0.05) is 6.07 Å². The predicted octanol–water partition coefficient (Wildman–Crippen LogP) is 4.62. The Balaban J connectivity index is 2.11. The second-order valence-electron chi connectivity index (χ2n) is 5.35. The fourth-order valence-electron chi connectivity index (χ4n) is 2.64. The van der Waals surface area contributed by atoms with E-state index < -0.39 is 23.8 Å². The van der Waals surface area contributed by atoms with Crippen LogP contribution in [0.15, 0.2) is 18.2 Å². The molecule has 0 spiro atoms. The van der Waals surface area contributed by atoms with Gasteiger partial charge >= 0.3 is 12.4 Å². The first-order valence-electron chi connectivity index (χ1n) is 6.57. The van der Waals surface area contributed by atoms with E-state index in [1.807, 2.05) is 0 Å². The van der Waals surface area contributed by atoms with Crippen molar-refractivity contribution in [3.05, 3.63) is 34.9 Å². The highest BCUT2D eigenvalue weighted by Crippen LogP contribution is 2.37. The molecule has 0 aliphatic carbocycles. The molecule has 0 radical (unpaired) electrons. The van der Waals surface area contributed by atoms with Crippen molar-refractivity contribution in [1.29, 1.82) is 0 Å². The summed E-state index contributed by atoms with van der Waals surface area (Å²) in [5.41, 5.74) is 0.323. The summed E-state index contributed by atoms with van der Waals surface area (Å²) in [5, 5.41) is 2.79. The Morgan fingerprint density at radius 2 is 1.71 bits per heavy atom. The molecule has 2 unspecified atom stereocenters. The Morgan fingerprint density at radius 3 is 2.14 bits per heavy atom. The van der Waals surface area contributed by atoms with Crippen LogP contribution in [0, 0.1) is 12.8 Å². The summed E-state index contributed by atoms with van der Waals surface area (Å²) < 4.78 is 75.5. The fourth-order valence-corrected chi connectivity index (χ4v) is 2.64. The number of alkyl halides is 6. The number of benzene rings is 1. The Morgan fingerprint density at radius 1 is 1.05 bits per heavy atom. The number of nitrogens with one attached hydrogen (secondary N) is 1. The normalized spacial score (nSPS) is 24.1. The molecule has 1 aromatic rings. The molecule has 0 amide bonds. The lowest BCUT2D eigenvalue weighted by Gasteiger charge is -2.32.